The molecule has 1 aliphatic rings. The van der Waals surface area contributed by atoms with Gasteiger partial charge in [0.1, 0.15) is 8.42 Å². The van der Waals surface area contributed by atoms with Gasteiger partial charge in [-0.25, -0.2) is 26.8 Å². The Kier molecular flexibility index (Phi) is 8.20. The van der Waals surface area contributed by atoms with Gasteiger partial charge in [-0.1, -0.05) is 0 Å². The van der Waals surface area contributed by atoms with Crippen molar-refractivity contribution in [1.29, 1.82) is 0 Å². The Morgan fingerprint density at radius 2 is 1.97 bits per heavy atom. The summed E-state index contributed by atoms with van der Waals surface area (Å²) in [5.41, 5.74) is 0.223. The average molecular weight is 488 g/mol. The summed E-state index contributed by atoms with van der Waals surface area (Å²) in [4.78, 5) is 18.3. The topological polar surface area (TPSA) is 177 Å². The zero-order valence-electron chi connectivity index (χ0n) is 16.4. The number of primary sulfonamides is 1. The van der Waals surface area contributed by atoms with E-state index in [1.165, 1.54) is 17.9 Å². The predicted molar refractivity (Wildman–Crippen MR) is 104 cm³/mol. The normalized spacial score (nSPS) is 20.7. The molecule has 2 rings (SSSR count). The fourth-order valence-electron chi connectivity index (χ4n) is 3.08. The van der Waals surface area contributed by atoms with Gasteiger partial charge in [-0.05, 0) is 39.2 Å². The number of hydrogen-bond acceptors (Lipinski definition) is 11. The Hall–Kier alpha value is -1.33. The highest BCUT2D eigenvalue weighted by Gasteiger charge is 2.42. The maximum absolute atomic E-state index is 12.7. The molecule has 4 N–H and O–H groups in total. The lowest BCUT2D eigenvalue weighted by molar-refractivity contribution is -0.492. The molecule has 0 fully saturated rings. The Morgan fingerprint density at radius 1 is 1.33 bits per heavy atom. The van der Waals surface area contributed by atoms with E-state index in [0.717, 1.165) is 0 Å². The number of sulfonamides is 1. The van der Waals surface area contributed by atoms with Gasteiger partial charge in [0.25, 0.3) is 0 Å². The predicted octanol–water partition coefficient (Wildman–Crippen LogP) is 1.25. The second kappa shape index (κ2) is 9.86. The Balaban J connectivity index is 2.18. The highest BCUT2D eigenvalue weighted by Crippen LogP contribution is 2.45. The van der Waals surface area contributed by atoms with Gasteiger partial charge in [0, 0.05) is 12.1 Å². The van der Waals surface area contributed by atoms with Crippen LogP contribution >= 0.6 is 11.3 Å². The molecular weight excluding hydrogens is 462 g/mol. The highest BCUT2D eigenvalue weighted by molar-refractivity contribution is 7.95. The van der Waals surface area contributed by atoms with Crippen molar-refractivity contribution in [3.63, 3.8) is 0 Å². The number of rotatable bonds is 9. The fourth-order valence-corrected chi connectivity index (χ4v) is 7.47. The molecular formula is C15H25N3O9S3. The van der Waals surface area contributed by atoms with Crippen LogP contribution in [0.25, 0.3) is 0 Å². The van der Waals surface area contributed by atoms with Crippen LogP contribution in [0.5, 0.6) is 0 Å². The van der Waals surface area contributed by atoms with E-state index in [-0.39, 0.29) is 40.2 Å². The van der Waals surface area contributed by atoms with Gasteiger partial charge in [-0.2, -0.15) is 0 Å². The lowest BCUT2D eigenvalue weighted by Crippen LogP contribution is -2.40. The minimum absolute atomic E-state index is 0.00858. The van der Waals surface area contributed by atoms with Crippen LogP contribution in [-0.4, -0.2) is 68.6 Å². The van der Waals surface area contributed by atoms with E-state index < -0.39 is 42.6 Å². The molecule has 0 spiro atoms. The number of hydrogen-bond donors (Lipinski definition) is 3. The molecule has 0 saturated heterocycles. The molecule has 0 radical (unpaired) electrons. The van der Waals surface area contributed by atoms with Crippen LogP contribution in [0, 0.1) is 0 Å². The third-order valence-corrected chi connectivity index (χ3v) is 9.92. The Morgan fingerprint density at radius 3 is 2.53 bits per heavy atom. The summed E-state index contributed by atoms with van der Waals surface area (Å²) in [6.45, 7) is 3.46. The summed E-state index contributed by atoms with van der Waals surface area (Å²) < 4.78 is 53.7. The van der Waals surface area contributed by atoms with Gasteiger partial charge in [0.2, 0.25) is 10.0 Å². The molecule has 2 atom stereocenters. The summed E-state index contributed by atoms with van der Waals surface area (Å²) in [5.74, 6) is 0. The zero-order valence-corrected chi connectivity index (χ0v) is 18.9. The number of fused-ring (bicyclic) bond motifs is 1. The first-order chi connectivity index (χ1) is 13.9. The van der Waals surface area contributed by atoms with Crippen molar-refractivity contribution in [2.45, 2.75) is 52.8 Å². The molecule has 2 unspecified atom stereocenters. The monoisotopic (exact) mass is 487 g/mol. The maximum atomic E-state index is 12.7. The van der Waals surface area contributed by atoms with E-state index in [4.69, 9.17) is 20.3 Å². The summed E-state index contributed by atoms with van der Waals surface area (Å²) in [7, 11) is -7.84. The number of carbonyl (C=O) groups is 1. The van der Waals surface area contributed by atoms with Gasteiger partial charge in [0.05, 0.1) is 29.9 Å². The van der Waals surface area contributed by atoms with Crippen LogP contribution in [0.4, 0.5) is 4.79 Å². The second-order valence-corrected chi connectivity index (χ2v) is 12.1. The van der Waals surface area contributed by atoms with Crippen molar-refractivity contribution >= 4 is 37.3 Å². The molecule has 30 heavy (non-hydrogen) atoms. The number of amides is 1. The average Bonchev–Trinajstić information content (AvgIpc) is 3.10. The molecule has 0 aliphatic carbocycles. The molecule has 15 heteroatoms. The molecule has 1 aromatic heterocycles. The smallest absolute Gasteiger partial charge is 0.410 e. The number of thiophene rings is 1. The van der Waals surface area contributed by atoms with Gasteiger partial charge < -0.3 is 9.64 Å². The quantitative estimate of drug-likeness (QED) is 0.339. The van der Waals surface area contributed by atoms with Gasteiger partial charge in [0.15, 0.2) is 9.84 Å². The van der Waals surface area contributed by atoms with Crippen molar-refractivity contribution in [1.82, 2.24) is 10.3 Å². The van der Waals surface area contributed by atoms with E-state index in [9.17, 15) is 21.6 Å². The first-order valence-corrected chi connectivity index (χ1v) is 12.9. The second-order valence-electron chi connectivity index (χ2n) is 6.65. The first kappa shape index (κ1) is 24.9. The minimum atomic E-state index is -4.10. The Bertz CT molecular complexity index is 959. The Labute approximate surface area is 178 Å². The summed E-state index contributed by atoms with van der Waals surface area (Å²) in [5, 5.41) is 20.8. The number of nitrogens with two attached hydrogens (primary N) is 1. The van der Waals surface area contributed by atoms with E-state index in [0.29, 0.717) is 24.2 Å². The van der Waals surface area contributed by atoms with Gasteiger partial charge in [-0.15, -0.1) is 11.3 Å². The minimum Gasteiger partial charge on any atom is -0.449 e. The van der Waals surface area contributed by atoms with Crippen molar-refractivity contribution in [2.24, 2.45) is 5.14 Å². The molecule has 1 aliphatic heterocycles. The highest BCUT2D eigenvalue weighted by atomic mass is 32.3. The largest absolute Gasteiger partial charge is 0.449 e. The van der Waals surface area contributed by atoms with Crippen LogP contribution in [0.1, 0.15) is 44.7 Å². The van der Waals surface area contributed by atoms with Gasteiger partial charge in [-0.3, -0.25) is 15.3 Å². The summed E-state index contributed by atoms with van der Waals surface area (Å²) >= 11 is 0.587. The van der Waals surface area contributed by atoms with Crippen LogP contribution in [0.2, 0.25) is 0 Å². The summed E-state index contributed by atoms with van der Waals surface area (Å²) in [6.07, 6.45) is 0.208. The van der Waals surface area contributed by atoms with Crippen LogP contribution in [0.3, 0.4) is 0 Å². The summed E-state index contributed by atoms with van der Waals surface area (Å²) in [6, 6.07) is 0.537. The van der Waals surface area contributed by atoms with Crippen LogP contribution < -0.4 is 5.14 Å². The van der Waals surface area contributed by atoms with Crippen molar-refractivity contribution in [3.8, 4) is 0 Å². The standard InChI is InChI=1S/C15H25N3O9S3/c1-3-17(15(19)26-6-4-5-7-27-18(20)21)12-8-10(2)29(22,23)14-11(12)9-13(28-14)30(16,24)25/h9-10,12,20-21H,3-8H2,1-2H3,(H2,16,24,25). The number of carbonyl (C=O) groups excluding carboxylic acids is 1. The van der Waals surface area contributed by atoms with Crippen LogP contribution in [-0.2, 0) is 29.4 Å². The van der Waals surface area contributed by atoms with E-state index in [2.05, 4.69) is 4.84 Å². The van der Waals surface area contributed by atoms with Crippen LogP contribution in [0.15, 0.2) is 14.5 Å². The SMILES string of the molecule is CCN(C(=O)OCCCCON(O)O)C1CC(C)S(=O)(=O)c2sc(S(N)(=O)=O)cc21. The number of nitrogens with zero attached hydrogens (tertiary/aromatic N) is 2. The van der Waals surface area contributed by atoms with E-state index in [1.54, 1.807) is 6.92 Å². The number of sulfone groups is 1. The van der Waals surface area contributed by atoms with E-state index >= 15 is 0 Å². The molecule has 2 heterocycles. The number of unbranched alkanes of at least 4 members (excludes halogenated alkanes) is 1. The zero-order chi connectivity index (χ0) is 22.7. The molecule has 12 nitrogen and oxygen atoms in total. The third kappa shape index (κ3) is 5.67. The molecule has 0 aromatic carbocycles. The number of ether oxygens (including phenoxy) is 1. The fraction of sp³-hybridized carbons (Fsp3) is 0.667. The lowest BCUT2D eigenvalue weighted by atomic mass is 10.0. The maximum Gasteiger partial charge on any atom is 0.410 e. The molecule has 1 aromatic rings. The molecule has 1 amide bonds. The van der Waals surface area contributed by atoms with Gasteiger partial charge >= 0.3 is 6.09 Å². The third-order valence-electron chi connectivity index (χ3n) is 4.61. The van der Waals surface area contributed by atoms with E-state index in [1.807, 2.05) is 0 Å². The molecule has 0 bridgehead atoms. The van der Waals surface area contributed by atoms with Crippen molar-refractivity contribution < 1.29 is 41.6 Å². The molecule has 0 saturated carbocycles. The first-order valence-electron chi connectivity index (χ1n) is 9.04. The van der Waals surface area contributed by atoms with Crippen molar-refractivity contribution in [3.05, 3.63) is 11.6 Å². The van der Waals surface area contributed by atoms with Crippen molar-refractivity contribution in [2.75, 3.05) is 19.8 Å². The lowest BCUT2D eigenvalue weighted by Gasteiger charge is -2.35. The molecule has 172 valence electrons.